The molecule has 1 aliphatic rings. The predicted octanol–water partition coefficient (Wildman–Crippen LogP) is 1.58. The first kappa shape index (κ1) is 14.2. The van der Waals surface area contributed by atoms with E-state index < -0.39 is 0 Å². The highest BCUT2D eigenvalue weighted by Crippen LogP contribution is 2.32. The molecule has 0 saturated carbocycles. The van der Waals surface area contributed by atoms with Crippen molar-refractivity contribution in [2.75, 3.05) is 13.2 Å². The van der Waals surface area contributed by atoms with E-state index in [0.29, 0.717) is 29.3 Å². The zero-order valence-corrected chi connectivity index (χ0v) is 12.1. The minimum absolute atomic E-state index is 0.192. The number of hydrogen-bond acceptors (Lipinski definition) is 4. The van der Waals surface area contributed by atoms with Crippen molar-refractivity contribution in [3.63, 3.8) is 0 Å². The average Bonchev–Trinajstić information content (AvgIpc) is 2.55. The van der Waals surface area contributed by atoms with Gasteiger partial charge in [-0.25, -0.2) is 0 Å². The number of nitrogens with one attached hydrogen (secondary N) is 1. The van der Waals surface area contributed by atoms with Gasteiger partial charge in [0, 0.05) is 12.1 Å². The van der Waals surface area contributed by atoms with E-state index in [1.54, 1.807) is 0 Å². The molecule has 6 nitrogen and oxygen atoms in total. The van der Waals surface area contributed by atoms with Gasteiger partial charge in [0.15, 0.2) is 23.9 Å². The molecule has 2 aromatic rings. The van der Waals surface area contributed by atoms with Gasteiger partial charge in [0.25, 0.3) is 5.91 Å². The molecule has 0 saturated heterocycles. The van der Waals surface area contributed by atoms with Crippen LogP contribution < -0.4 is 19.5 Å². The minimum atomic E-state index is -0.233. The van der Waals surface area contributed by atoms with Crippen LogP contribution in [-0.2, 0) is 0 Å². The number of pyridine rings is 1. The lowest BCUT2D eigenvalue weighted by atomic mass is 10.1. The van der Waals surface area contributed by atoms with Gasteiger partial charge in [-0.3, -0.25) is 4.79 Å². The molecule has 1 aromatic heterocycles. The van der Waals surface area contributed by atoms with Gasteiger partial charge in [0.05, 0.1) is 11.6 Å². The zero-order valence-electron chi connectivity index (χ0n) is 12.1. The smallest absolute Gasteiger partial charge is 0.252 e. The quantitative estimate of drug-likeness (QED) is 0.690. The van der Waals surface area contributed by atoms with Crippen LogP contribution in [-0.4, -0.2) is 19.1 Å². The molecule has 0 bridgehead atoms. The molecule has 1 unspecified atom stereocenters. The summed E-state index contributed by atoms with van der Waals surface area (Å²) in [5.74, 6) is 1.18. The molecule has 1 N–H and O–H groups in total. The number of aromatic nitrogens is 1. The molecule has 0 spiro atoms. The molecule has 0 radical (unpaired) electrons. The maximum Gasteiger partial charge on any atom is 0.252 e. The number of carbonyl (C=O) groups is 1. The molecular weight excluding hydrogens is 284 g/mol. The number of hydrogen-bond donors (Lipinski definition) is 1. The fourth-order valence-electron chi connectivity index (χ4n) is 2.26. The van der Waals surface area contributed by atoms with Crippen LogP contribution >= 0.6 is 0 Å². The van der Waals surface area contributed by atoms with Crippen molar-refractivity contribution >= 4 is 5.91 Å². The number of fused-ring (bicyclic) bond motifs is 1. The van der Waals surface area contributed by atoms with E-state index in [0.717, 1.165) is 11.3 Å². The summed E-state index contributed by atoms with van der Waals surface area (Å²) in [6.45, 7) is 2.96. The molecule has 0 aliphatic carbocycles. The fourth-order valence-corrected chi connectivity index (χ4v) is 2.26. The topological polar surface area (TPSA) is 74.5 Å². The van der Waals surface area contributed by atoms with Crippen molar-refractivity contribution in [1.29, 1.82) is 0 Å². The van der Waals surface area contributed by atoms with Crippen LogP contribution in [0.15, 0.2) is 42.7 Å². The first-order chi connectivity index (χ1) is 10.6. The molecule has 114 valence electrons. The molecule has 1 atom stereocenters. The number of ether oxygens (including phenoxy) is 2. The number of nitrogens with zero attached hydrogens (tertiary/aromatic N) is 1. The second kappa shape index (κ2) is 5.93. The van der Waals surface area contributed by atoms with Crippen LogP contribution in [0, 0.1) is 5.21 Å². The van der Waals surface area contributed by atoms with Crippen molar-refractivity contribution in [2.24, 2.45) is 0 Å². The Morgan fingerprint density at radius 1 is 1.18 bits per heavy atom. The first-order valence-electron chi connectivity index (χ1n) is 7.03. The maximum absolute atomic E-state index is 12.2. The Morgan fingerprint density at radius 2 is 1.86 bits per heavy atom. The van der Waals surface area contributed by atoms with Gasteiger partial charge in [-0.1, -0.05) is 6.07 Å². The van der Waals surface area contributed by atoms with Gasteiger partial charge in [-0.15, -0.1) is 0 Å². The highest BCUT2D eigenvalue weighted by molar-refractivity contribution is 5.94. The minimum Gasteiger partial charge on any atom is -0.619 e. The van der Waals surface area contributed by atoms with Crippen LogP contribution in [0.5, 0.6) is 11.5 Å². The van der Waals surface area contributed by atoms with E-state index in [9.17, 15) is 10.0 Å². The Morgan fingerprint density at radius 3 is 2.59 bits per heavy atom. The third-order valence-electron chi connectivity index (χ3n) is 3.48. The summed E-state index contributed by atoms with van der Waals surface area (Å²) in [7, 11) is 0. The summed E-state index contributed by atoms with van der Waals surface area (Å²) in [5.41, 5.74) is 1.36. The van der Waals surface area contributed by atoms with Gasteiger partial charge in [0.1, 0.15) is 13.2 Å². The summed E-state index contributed by atoms with van der Waals surface area (Å²) in [6, 6.07) is 8.39. The summed E-state index contributed by atoms with van der Waals surface area (Å²) in [4.78, 5) is 12.2. The molecule has 6 heteroatoms. The summed E-state index contributed by atoms with van der Waals surface area (Å²) in [5, 5.41) is 13.9. The van der Waals surface area contributed by atoms with E-state index in [2.05, 4.69) is 5.32 Å². The van der Waals surface area contributed by atoms with Crippen LogP contribution in [0.2, 0.25) is 0 Å². The van der Waals surface area contributed by atoms with Crippen molar-refractivity contribution < 1.29 is 19.0 Å². The van der Waals surface area contributed by atoms with Crippen molar-refractivity contribution in [2.45, 2.75) is 13.0 Å². The average molecular weight is 300 g/mol. The van der Waals surface area contributed by atoms with Gasteiger partial charge in [-0.2, -0.15) is 4.73 Å². The highest BCUT2D eigenvalue weighted by atomic mass is 16.6. The second-order valence-electron chi connectivity index (χ2n) is 5.04. The van der Waals surface area contributed by atoms with E-state index in [4.69, 9.17) is 9.47 Å². The molecular formula is C16H16N2O4. The van der Waals surface area contributed by atoms with Gasteiger partial charge < -0.3 is 20.0 Å². The van der Waals surface area contributed by atoms with Crippen molar-refractivity contribution in [3.8, 4) is 11.5 Å². The molecule has 3 rings (SSSR count). The van der Waals surface area contributed by atoms with E-state index in [1.807, 2.05) is 25.1 Å². The van der Waals surface area contributed by atoms with Crippen molar-refractivity contribution in [3.05, 3.63) is 59.1 Å². The van der Waals surface area contributed by atoms with Gasteiger partial charge in [0.2, 0.25) is 0 Å². The van der Waals surface area contributed by atoms with Crippen molar-refractivity contribution in [1.82, 2.24) is 5.32 Å². The zero-order chi connectivity index (χ0) is 15.5. The Kier molecular flexibility index (Phi) is 3.82. The molecule has 0 fully saturated rings. The number of benzene rings is 1. The lowest BCUT2D eigenvalue weighted by Gasteiger charge is -2.21. The Labute approximate surface area is 127 Å². The maximum atomic E-state index is 12.2. The van der Waals surface area contributed by atoms with Gasteiger partial charge >= 0.3 is 0 Å². The third-order valence-corrected chi connectivity index (χ3v) is 3.48. The molecule has 22 heavy (non-hydrogen) atoms. The number of amides is 1. The molecule has 1 aromatic carbocycles. The number of carbonyl (C=O) groups excluding carboxylic acids is 1. The fraction of sp³-hybridized carbons (Fsp3) is 0.250. The number of rotatable bonds is 3. The monoisotopic (exact) mass is 300 g/mol. The lowest BCUT2D eigenvalue weighted by molar-refractivity contribution is -0.605. The largest absolute Gasteiger partial charge is 0.619 e. The summed E-state index contributed by atoms with van der Waals surface area (Å²) >= 11 is 0. The Hall–Kier alpha value is -2.76. The highest BCUT2D eigenvalue weighted by Gasteiger charge is 2.16. The molecule has 1 amide bonds. The molecule has 2 heterocycles. The molecule has 1 aliphatic heterocycles. The van der Waals surface area contributed by atoms with Crippen LogP contribution in [0.1, 0.15) is 28.9 Å². The van der Waals surface area contributed by atoms with Crippen LogP contribution in [0.25, 0.3) is 0 Å². The second-order valence-corrected chi connectivity index (χ2v) is 5.04. The summed E-state index contributed by atoms with van der Waals surface area (Å²) < 4.78 is 11.7. The Bertz CT molecular complexity index is 685. The lowest BCUT2D eigenvalue weighted by Crippen LogP contribution is -2.29. The predicted molar refractivity (Wildman–Crippen MR) is 78.7 cm³/mol. The van der Waals surface area contributed by atoms with E-state index in [-0.39, 0.29) is 11.9 Å². The van der Waals surface area contributed by atoms with Crippen LogP contribution in [0.4, 0.5) is 0 Å². The van der Waals surface area contributed by atoms with Gasteiger partial charge in [-0.05, 0) is 24.6 Å². The standard InChI is InChI=1S/C16H16N2O4/c1-11(17-16(19)12-4-6-18(20)7-5-12)13-2-3-14-15(10-13)22-9-8-21-14/h2-7,10-11H,8-9H2,1H3,(H,17,19). The SMILES string of the molecule is CC(NC(=O)c1cc[n+]([O-])cc1)c1ccc2c(c1)OCCO2. The third kappa shape index (κ3) is 2.95. The van der Waals surface area contributed by atoms with E-state index >= 15 is 0 Å². The van der Waals surface area contributed by atoms with E-state index in [1.165, 1.54) is 24.5 Å². The first-order valence-corrected chi connectivity index (χ1v) is 7.03. The van der Waals surface area contributed by atoms with Crippen LogP contribution in [0.3, 0.4) is 0 Å². The Balaban J connectivity index is 1.72. The summed E-state index contributed by atoms with van der Waals surface area (Å²) in [6.07, 6.45) is 2.59. The normalized spacial score (nSPS) is 14.2.